The Morgan fingerprint density at radius 3 is 2.27 bits per heavy atom. The standard InChI is InChI=1S/C20H22N4O2/c1-15(25)23-11-13-24(14-12-23)20(26)19-18(21)10-9-17(22-19)8-7-16-5-3-2-4-6-16/h2-10H,11-14,21H2,1H3/b8-7+. The van der Waals surface area contributed by atoms with Crippen LogP contribution < -0.4 is 5.73 Å². The average molecular weight is 350 g/mol. The molecule has 6 heteroatoms. The van der Waals surface area contributed by atoms with E-state index in [4.69, 9.17) is 5.73 Å². The van der Waals surface area contributed by atoms with Crippen molar-refractivity contribution in [1.82, 2.24) is 14.8 Å². The third-order valence-electron chi connectivity index (χ3n) is 4.41. The van der Waals surface area contributed by atoms with Gasteiger partial charge in [0, 0.05) is 33.1 Å². The van der Waals surface area contributed by atoms with E-state index in [2.05, 4.69) is 4.98 Å². The lowest BCUT2D eigenvalue weighted by molar-refractivity contribution is -0.130. The maximum absolute atomic E-state index is 12.8. The van der Waals surface area contributed by atoms with Crippen LogP contribution in [-0.4, -0.2) is 52.8 Å². The van der Waals surface area contributed by atoms with Crippen molar-refractivity contribution in [1.29, 1.82) is 0 Å². The smallest absolute Gasteiger partial charge is 0.274 e. The summed E-state index contributed by atoms with van der Waals surface area (Å²) in [5, 5.41) is 0. The van der Waals surface area contributed by atoms with Gasteiger partial charge in [0.25, 0.3) is 5.91 Å². The number of nitrogens with two attached hydrogens (primary N) is 1. The summed E-state index contributed by atoms with van der Waals surface area (Å²) < 4.78 is 0. The number of aromatic nitrogens is 1. The van der Waals surface area contributed by atoms with Gasteiger partial charge >= 0.3 is 0 Å². The molecule has 6 nitrogen and oxygen atoms in total. The molecule has 1 aromatic heterocycles. The topological polar surface area (TPSA) is 79.5 Å². The Morgan fingerprint density at radius 1 is 0.962 bits per heavy atom. The number of nitrogens with zero attached hydrogens (tertiary/aromatic N) is 3. The second kappa shape index (κ2) is 7.82. The van der Waals surface area contributed by atoms with E-state index in [9.17, 15) is 9.59 Å². The Hall–Kier alpha value is -3.15. The number of carbonyl (C=O) groups is 2. The lowest BCUT2D eigenvalue weighted by atomic mass is 10.1. The van der Waals surface area contributed by atoms with Crippen LogP contribution in [0.1, 0.15) is 28.7 Å². The molecule has 2 N–H and O–H groups in total. The van der Waals surface area contributed by atoms with Crippen LogP contribution in [0.15, 0.2) is 42.5 Å². The van der Waals surface area contributed by atoms with Crippen molar-refractivity contribution in [3.8, 4) is 0 Å². The van der Waals surface area contributed by atoms with E-state index < -0.39 is 0 Å². The number of hydrogen-bond acceptors (Lipinski definition) is 4. The summed E-state index contributed by atoms with van der Waals surface area (Å²) in [6.45, 7) is 3.59. The number of hydrogen-bond donors (Lipinski definition) is 1. The predicted molar refractivity (Wildman–Crippen MR) is 102 cm³/mol. The van der Waals surface area contributed by atoms with Gasteiger partial charge in [-0.25, -0.2) is 4.98 Å². The van der Waals surface area contributed by atoms with E-state index in [-0.39, 0.29) is 17.5 Å². The number of benzene rings is 1. The van der Waals surface area contributed by atoms with Gasteiger partial charge in [0.2, 0.25) is 5.91 Å². The molecule has 26 heavy (non-hydrogen) atoms. The van der Waals surface area contributed by atoms with Gasteiger partial charge in [-0.15, -0.1) is 0 Å². The highest BCUT2D eigenvalue weighted by molar-refractivity contribution is 5.97. The summed E-state index contributed by atoms with van der Waals surface area (Å²) in [5.41, 5.74) is 8.33. The Bertz CT molecular complexity index is 825. The minimum atomic E-state index is -0.194. The first-order valence-electron chi connectivity index (χ1n) is 8.59. The van der Waals surface area contributed by atoms with Gasteiger partial charge < -0.3 is 15.5 Å². The van der Waals surface area contributed by atoms with Crippen molar-refractivity contribution >= 4 is 29.7 Å². The first-order valence-corrected chi connectivity index (χ1v) is 8.59. The lowest BCUT2D eigenvalue weighted by Gasteiger charge is -2.34. The fourth-order valence-electron chi connectivity index (χ4n) is 2.87. The molecular weight excluding hydrogens is 328 g/mol. The third kappa shape index (κ3) is 4.08. The van der Waals surface area contributed by atoms with Crippen LogP contribution in [-0.2, 0) is 4.79 Å². The molecule has 1 saturated heterocycles. The van der Waals surface area contributed by atoms with E-state index >= 15 is 0 Å². The minimum absolute atomic E-state index is 0.0304. The zero-order valence-corrected chi connectivity index (χ0v) is 14.8. The molecule has 2 aromatic rings. The van der Waals surface area contributed by atoms with E-state index in [1.54, 1.807) is 28.9 Å². The molecular formula is C20H22N4O2. The molecule has 1 aliphatic heterocycles. The number of carbonyl (C=O) groups excluding carboxylic acids is 2. The maximum Gasteiger partial charge on any atom is 0.274 e. The highest BCUT2D eigenvalue weighted by atomic mass is 16.2. The van der Waals surface area contributed by atoms with Crippen LogP contribution in [0.4, 0.5) is 5.69 Å². The van der Waals surface area contributed by atoms with E-state index in [1.165, 1.54) is 0 Å². The van der Waals surface area contributed by atoms with Crippen molar-refractivity contribution in [2.24, 2.45) is 0 Å². The zero-order chi connectivity index (χ0) is 18.5. The molecule has 3 rings (SSSR count). The lowest BCUT2D eigenvalue weighted by Crippen LogP contribution is -2.50. The van der Waals surface area contributed by atoms with Gasteiger partial charge in [-0.3, -0.25) is 9.59 Å². The van der Waals surface area contributed by atoms with Crippen molar-refractivity contribution < 1.29 is 9.59 Å². The molecule has 1 aromatic carbocycles. The maximum atomic E-state index is 12.8. The zero-order valence-electron chi connectivity index (χ0n) is 14.8. The highest BCUT2D eigenvalue weighted by Gasteiger charge is 2.25. The number of amides is 2. The number of piperazine rings is 1. The Kier molecular flexibility index (Phi) is 5.31. The molecule has 0 saturated carbocycles. The highest BCUT2D eigenvalue weighted by Crippen LogP contribution is 2.16. The molecule has 0 atom stereocenters. The SMILES string of the molecule is CC(=O)N1CCN(C(=O)c2nc(/C=C/c3ccccc3)ccc2N)CC1. The molecule has 2 heterocycles. The van der Waals surface area contributed by atoms with Crippen LogP contribution in [0.3, 0.4) is 0 Å². The normalized spacial score (nSPS) is 14.7. The van der Waals surface area contributed by atoms with Crippen LogP contribution in [0.25, 0.3) is 12.2 Å². The summed E-state index contributed by atoms with van der Waals surface area (Å²) in [6, 6.07) is 13.4. The number of pyridine rings is 1. The van der Waals surface area contributed by atoms with Crippen LogP contribution >= 0.6 is 0 Å². The molecule has 0 bridgehead atoms. The third-order valence-corrected chi connectivity index (χ3v) is 4.41. The molecule has 0 aliphatic carbocycles. The number of nitrogen functional groups attached to an aromatic ring is 1. The van der Waals surface area contributed by atoms with E-state index in [0.717, 1.165) is 5.56 Å². The van der Waals surface area contributed by atoms with Crippen LogP contribution in [0.2, 0.25) is 0 Å². The molecule has 0 radical (unpaired) electrons. The van der Waals surface area contributed by atoms with Gasteiger partial charge in [-0.05, 0) is 23.8 Å². The predicted octanol–water partition coefficient (Wildman–Crippen LogP) is 2.14. The minimum Gasteiger partial charge on any atom is -0.397 e. The monoisotopic (exact) mass is 350 g/mol. The van der Waals surface area contributed by atoms with Gasteiger partial charge in [0.1, 0.15) is 0 Å². The van der Waals surface area contributed by atoms with Crippen LogP contribution in [0.5, 0.6) is 0 Å². The quantitative estimate of drug-likeness (QED) is 0.920. The molecule has 1 aliphatic rings. The first-order chi connectivity index (χ1) is 12.5. The Balaban J connectivity index is 1.74. The van der Waals surface area contributed by atoms with Gasteiger partial charge in [0.15, 0.2) is 5.69 Å². The molecule has 134 valence electrons. The second-order valence-electron chi connectivity index (χ2n) is 6.22. The van der Waals surface area contributed by atoms with E-state index in [1.807, 2.05) is 42.5 Å². The summed E-state index contributed by atoms with van der Waals surface area (Å²) in [6.07, 6.45) is 3.80. The van der Waals surface area contributed by atoms with Gasteiger partial charge in [-0.1, -0.05) is 36.4 Å². The Morgan fingerprint density at radius 2 is 1.62 bits per heavy atom. The summed E-state index contributed by atoms with van der Waals surface area (Å²) >= 11 is 0. The van der Waals surface area contributed by atoms with Gasteiger partial charge in [-0.2, -0.15) is 0 Å². The van der Waals surface area contributed by atoms with Crippen molar-refractivity contribution in [3.63, 3.8) is 0 Å². The first kappa shape index (κ1) is 17.7. The second-order valence-corrected chi connectivity index (χ2v) is 6.22. The average Bonchev–Trinajstić information content (AvgIpc) is 2.67. The fourth-order valence-corrected chi connectivity index (χ4v) is 2.87. The summed E-state index contributed by atoms with van der Waals surface area (Å²) in [7, 11) is 0. The van der Waals surface area contributed by atoms with Crippen molar-refractivity contribution in [3.05, 3.63) is 59.4 Å². The largest absolute Gasteiger partial charge is 0.397 e. The summed E-state index contributed by atoms with van der Waals surface area (Å²) in [4.78, 5) is 32.1. The number of rotatable bonds is 3. The Labute approximate surface area is 152 Å². The van der Waals surface area contributed by atoms with Crippen molar-refractivity contribution in [2.45, 2.75) is 6.92 Å². The van der Waals surface area contributed by atoms with Crippen molar-refractivity contribution in [2.75, 3.05) is 31.9 Å². The van der Waals surface area contributed by atoms with E-state index in [0.29, 0.717) is 37.6 Å². The van der Waals surface area contributed by atoms with Gasteiger partial charge in [0.05, 0.1) is 11.4 Å². The summed E-state index contributed by atoms with van der Waals surface area (Å²) in [5.74, 6) is -0.163. The number of anilines is 1. The molecule has 0 spiro atoms. The fraction of sp³-hybridized carbons (Fsp3) is 0.250. The van der Waals surface area contributed by atoms with Crippen LogP contribution in [0, 0.1) is 0 Å². The molecule has 0 unspecified atom stereocenters. The molecule has 1 fully saturated rings. The molecule has 2 amide bonds.